The number of allylic oxidation sites excluding steroid dienone is 1. The molecular weight excluding hydrogens is 112 g/mol. The molecule has 1 saturated carbocycles. The van der Waals surface area contributed by atoms with E-state index in [9.17, 15) is 0 Å². The van der Waals surface area contributed by atoms with E-state index in [0.29, 0.717) is 12.2 Å². The average molecular weight is 124 g/mol. The van der Waals surface area contributed by atoms with Gasteiger partial charge < -0.3 is 4.74 Å². The number of ether oxygens (including phenoxy) is 1. The van der Waals surface area contributed by atoms with Crippen molar-refractivity contribution >= 4 is 0 Å². The molecule has 0 aromatic carbocycles. The molecule has 50 valence electrons. The van der Waals surface area contributed by atoms with Crippen LogP contribution >= 0.6 is 0 Å². The summed E-state index contributed by atoms with van der Waals surface area (Å²) in [6, 6.07) is 0. The second-order valence-electron chi connectivity index (χ2n) is 3.02. The fraction of sp³-hybridized carbons (Fsp3) is 0.750. The van der Waals surface area contributed by atoms with E-state index in [1.165, 1.54) is 19.3 Å². The van der Waals surface area contributed by atoms with Crippen LogP contribution in [0.5, 0.6) is 0 Å². The summed E-state index contributed by atoms with van der Waals surface area (Å²) in [6.45, 7) is 3.78. The van der Waals surface area contributed by atoms with Crippen LogP contribution in [-0.2, 0) is 4.74 Å². The van der Waals surface area contributed by atoms with Crippen molar-refractivity contribution in [3.05, 3.63) is 12.7 Å². The fourth-order valence-electron chi connectivity index (χ4n) is 1.65. The Labute approximate surface area is 55.7 Å². The minimum atomic E-state index is 0.613. The topological polar surface area (TPSA) is 12.5 Å². The summed E-state index contributed by atoms with van der Waals surface area (Å²) < 4.78 is 5.36. The SMILES string of the molecule is C=CC1CC[C@H]2OC2C1. The number of hydrogen-bond acceptors (Lipinski definition) is 1. The van der Waals surface area contributed by atoms with Crippen molar-refractivity contribution in [3.63, 3.8) is 0 Å². The minimum Gasteiger partial charge on any atom is -0.370 e. The summed E-state index contributed by atoms with van der Waals surface area (Å²) in [7, 11) is 0. The van der Waals surface area contributed by atoms with Crippen molar-refractivity contribution in [2.75, 3.05) is 0 Å². The van der Waals surface area contributed by atoms with E-state index >= 15 is 0 Å². The average Bonchev–Trinajstić information content (AvgIpc) is 2.64. The van der Waals surface area contributed by atoms with E-state index in [4.69, 9.17) is 4.74 Å². The van der Waals surface area contributed by atoms with E-state index in [1.807, 2.05) is 0 Å². The highest BCUT2D eigenvalue weighted by molar-refractivity contribution is 4.96. The van der Waals surface area contributed by atoms with Gasteiger partial charge in [-0.1, -0.05) is 6.08 Å². The molecule has 0 radical (unpaired) electrons. The molecule has 1 heteroatoms. The van der Waals surface area contributed by atoms with Gasteiger partial charge in [0.05, 0.1) is 12.2 Å². The summed E-state index contributed by atoms with van der Waals surface area (Å²) in [5, 5.41) is 0. The predicted molar refractivity (Wildman–Crippen MR) is 36.2 cm³/mol. The highest BCUT2D eigenvalue weighted by Gasteiger charge is 2.42. The molecule has 2 fully saturated rings. The largest absolute Gasteiger partial charge is 0.370 e. The summed E-state index contributed by atoms with van der Waals surface area (Å²) in [5.41, 5.74) is 0. The van der Waals surface area contributed by atoms with Gasteiger partial charge in [-0.2, -0.15) is 0 Å². The normalized spacial score (nSPS) is 47.8. The molecule has 0 aromatic heterocycles. The molecule has 0 N–H and O–H groups in total. The van der Waals surface area contributed by atoms with Gasteiger partial charge in [-0.25, -0.2) is 0 Å². The van der Waals surface area contributed by atoms with Crippen molar-refractivity contribution in [1.82, 2.24) is 0 Å². The molecule has 2 unspecified atom stereocenters. The first-order valence-electron chi connectivity index (χ1n) is 3.68. The first kappa shape index (κ1) is 5.48. The van der Waals surface area contributed by atoms with Gasteiger partial charge in [0, 0.05) is 0 Å². The van der Waals surface area contributed by atoms with Gasteiger partial charge >= 0.3 is 0 Å². The van der Waals surface area contributed by atoms with Crippen LogP contribution in [-0.4, -0.2) is 12.2 Å². The second-order valence-corrected chi connectivity index (χ2v) is 3.02. The first-order chi connectivity index (χ1) is 4.40. The third-order valence-electron chi connectivity index (χ3n) is 2.38. The second kappa shape index (κ2) is 1.84. The van der Waals surface area contributed by atoms with Crippen LogP contribution in [0.2, 0.25) is 0 Å². The smallest absolute Gasteiger partial charge is 0.0847 e. The zero-order chi connectivity index (χ0) is 6.27. The summed E-state index contributed by atoms with van der Waals surface area (Å²) in [5.74, 6) is 0.744. The van der Waals surface area contributed by atoms with Gasteiger partial charge in [0.25, 0.3) is 0 Å². The number of fused-ring (bicyclic) bond motifs is 1. The zero-order valence-electron chi connectivity index (χ0n) is 5.55. The minimum absolute atomic E-state index is 0.613. The Bertz CT molecular complexity index is 131. The molecule has 2 rings (SSSR count). The Morgan fingerprint density at radius 1 is 1.33 bits per heavy atom. The van der Waals surface area contributed by atoms with Gasteiger partial charge in [-0.3, -0.25) is 0 Å². The Morgan fingerprint density at radius 3 is 2.89 bits per heavy atom. The highest BCUT2D eigenvalue weighted by atomic mass is 16.6. The third-order valence-corrected chi connectivity index (χ3v) is 2.38. The van der Waals surface area contributed by atoms with Crippen molar-refractivity contribution in [2.45, 2.75) is 31.5 Å². The van der Waals surface area contributed by atoms with Crippen molar-refractivity contribution in [2.24, 2.45) is 5.92 Å². The molecule has 9 heavy (non-hydrogen) atoms. The number of hydrogen-bond donors (Lipinski definition) is 0. The van der Waals surface area contributed by atoms with E-state index in [1.54, 1.807) is 0 Å². The van der Waals surface area contributed by atoms with Crippen LogP contribution in [0.3, 0.4) is 0 Å². The van der Waals surface area contributed by atoms with Gasteiger partial charge in [0.15, 0.2) is 0 Å². The molecule has 1 aliphatic heterocycles. The van der Waals surface area contributed by atoms with Gasteiger partial charge in [0.1, 0.15) is 0 Å². The number of epoxide rings is 1. The standard InChI is InChI=1S/C8H12O/c1-2-6-3-4-7-8(5-6)9-7/h2,6-8H,1,3-5H2/t6?,7-,8?/m1/s1. The van der Waals surface area contributed by atoms with Gasteiger partial charge in [-0.05, 0) is 25.2 Å². The molecule has 0 amide bonds. The van der Waals surface area contributed by atoms with Gasteiger partial charge in [-0.15, -0.1) is 6.58 Å². The van der Waals surface area contributed by atoms with Gasteiger partial charge in [0.2, 0.25) is 0 Å². The monoisotopic (exact) mass is 124 g/mol. The molecule has 2 aliphatic rings. The number of rotatable bonds is 1. The lowest BCUT2D eigenvalue weighted by molar-refractivity contribution is 0.370. The van der Waals surface area contributed by atoms with Crippen molar-refractivity contribution in [3.8, 4) is 0 Å². The highest BCUT2D eigenvalue weighted by Crippen LogP contribution is 2.39. The fourth-order valence-corrected chi connectivity index (χ4v) is 1.65. The first-order valence-corrected chi connectivity index (χ1v) is 3.68. The Hall–Kier alpha value is -0.300. The van der Waals surface area contributed by atoms with Crippen molar-refractivity contribution in [1.29, 1.82) is 0 Å². The van der Waals surface area contributed by atoms with Crippen LogP contribution < -0.4 is 0 Å². The lowest BCUT2D eigenvalue weighted by Crippen LogP contribution is -2.10. The van der Waals surface area contributed by atoms with Crippen LogP contribution in [0, 0.1) is 5.92 Å². The summed E-state index contributed by atoms with van der Waals surface area (Å²) in [4.78, 5) is 0. The molecule has 1 heterocycles. The van der Waals surface area contributed by atoms with E-state index in [0.717, 1.165) is 5.92 Å². The van der Waals surface area contributed by atoms with E-state index in [2.05, 4.69) is 12.7 Å². The molecule has 0 bridgehead atoms. The quantitative estimate of drug-likeness (QED) is 0.383. The zero-order valence-corrected chi connectivity index (χ0v) is 5.55. The molecule has 1 saturated heterocycles. The Kier molecular flexibility index (Phi) is 1.12. The third kappa shape index (κ3) is 0.897. The van der Waals surface area contributed by atoms with Crippen LogP contribution in [0.4, 0.5) is 0 Å². The lowest BCUT2D eigenvalue weighted by atomic mass is 9.90. The van der Waals surface area contributed by atoms with E-state index in [-0.39, 0.29) is 0 Å². The molecule has 1 nitrogen and oxygen atoms in total. The lowest BCUT2D eigenvalue weighted by Gasteiger charge is -2.12. The van der Waals surface area contributed by atoms with Crippen LogP contribution in [0.1, 0.15) is 19.3 Å². The van der Waals surface area contributed by atoms with Crippen LogP contribution in [0.15, 0.2) is 12.7 Å². The molecule has 1 aliphatic carbocycles. The maximum Gasteiger partial charge on any atom is 0.0847 e. The maximum atomic E-state index is 5.36. The predicted octanol–water partition coefficient (Wildman–Crippen LogP) is 1.74. The Morgan fingerprint density at radius 2 is 2.22 bits per heavy atom. The van der Waals surface area contributed by atoms with Crippen LogP contribution in [0.25, 0.3) is 0 Å². The maximum absolute atomic E-state index is 5.36. The summed E-state index contributed by atoms with van der Waals surface area (Å²) in [6.07, 6.45) is 7.11. The Balaban J connectivity index is 1.93. The molecule has 0 aromatic rings. The van der Waals surface area contributed by atoms with E-state index < -0.39 is 0 Å². The van der Waals surface area contributed by atoms with Crippen molar-refractivity contribution < 1.29 is 4.74 Å². The molecule has 0 spiro atoms. The molecule has 3 atom stereocenters. The summed E-state index contributed by atoms with van der Waals surface area (Å²) >= 11 is 0. The molecular formula is C8H12O.